The van der Waals surface area contributed by atoms with Crippen molar-refractivity contribution in [1.29, 1.82) is 0 Å². The Kier molecular flexibility index (Phi) is 4.56. The van der Waals surface area contributed by atoms with E-state index in [1.165, 1.54) is 12.1 Å². The van der Waals surface area contributed by atoms with Crippen LogP contribution in [0.2, 0.25) is 0 Å². The van der Waals surface area contributed by atoms with E-state index in [9.17, 15) is 14.9 Å². The van der Waals surface area contributed by atoms with Crippen LogP contribution >= 0.6 is 15.9 Å². The first-order chi connectivity index (χ1) is 9.54. The van der Waals surface area contributed by atoms with E-state index in [4.69, 9.17) is 0 Å². The number of carbonyl (C=O) groups is 1. The largest absolute Gasteiger partial charge is 0.357 e. The van der Waals surface area contributed by atoms with Gasteiger partial charge < -0.3 is 15.5 Å². The zero-order valence-electron chi connectivity index (χ0n) is 10.9. The molecule has 1 aromatic rings. The number of nitrogens with one attached hydrogen (secondary N) is 2. The molecule has 20 heavy (non-hydrogen) atoms. The summed E-state index contributed by atoms with van der Waals surface area (Å²) in [6.07, 6.45) is 0. The second kappa shape index (κ2) is 6.19. The van der Waals surface area contributed by atoms with Gasteiger partial charge >= 0.3 is 0 Å². The Balaban J connectivity index is 2.32. The molecule has 0 aliphatic carbocycles. The lowest BCUT2D eigenvalue weighted by atomic mass is 10.1. The minimum atomic E-state index is -0.442. The van der Waals surface area contributed by atoms with Gasteiger partial charge in [-0.3, -0.25) is 14.9 Å². The van der Waals surface area contributed by atoms with E-state index >= 15 is 0 Å². The molecule has 8 heteroatoms. The molecule has 1 aliphatic rings. The summed E-state index contributed by atoms with van der Waals surface area (Å²) < 4.78 is 0.613. The van der Waals surface area contributed by atoms with Gasteiger partial charge in [0.05, 0.1) is 10.6 Å². The minimum Gasteiger partial charge on any atom is -0.357 e. The van der Waals surface area contributed by atoms with Crippen LogP contribution in [0.4, 0.5) is 11.4 Å². The summed E-state index contributed by atoms with van der Waals surface area (Å²) in [5.41, 5.74) is 0.804. The first kappa shape index (κ1) is 14.7. The van der Waals surface area contributed by atoms with Crippen LogP contribution in [-0.4, -0.2) is 43.6 Å². The van der Waals surface area contributed by atoms with E-state index in [1.807, 2.05) is 4.90 Å². The molecule has 1 saturated heterocycles. The number of amides is 1. The van der Waals surface area contributed by atoms with Crippen LogP contribution in [-0.2, 0) is 4.79 Å². The first-order valence-corrected chi connectivity index (χ1v) is 6.96. The van der Waals surface area contributed by atoms with Gasteiger partial charge in [-0.2, -0.15) is 0 Å². The molecular formula is C12H15BrN4O3. The third-order valence-electron chi connectivity index (χ3n) is 3.24. The number of hydrogen-bond donors (Lipinski definition) is 2. The highest BCUT2D eigenvalue weighted by atomic mass is 79.9. The van der Waals surface area contributed by atoms with Crippen LogP contribution < -0.4 is 15.5 Å². The second-order valence-electron chi connectivity index (χ2n) is 4.42. The van der Waals surface area contributed by atoms with Crippen molar-refractivity contribution >= 4 is 33.2 Å². The van der Waals surface area contributed by atoms with Gasteiger partial charge in [0.1, 0.15) is 6.04 Å². The van der Waals surface area contributed by atoms with E-state index in [1.54, 1.807) is 13.1 Å². The Morgan fingerprint density at radius 1 is 1.60 bits per heavy atom. The zero-order chi connectivity index (χ0) is 14.7. The van der Waals surface area contributed by atoms with Crippen LogP contribution in [0, 0.1) is 10.1 Å². The number of anilines is 1. The molecule has 1 fully saturated rings. The number of non-ortho nitro benzene ring substituents is 1. The maximum atomic E-state index is 11.9. The van der Waals surface area contributed by atoms with Crippen LogP contribution in [0.15, 0.2) is 22.7 Å². The van der Waals surface area contributed by atoms with Gasteiger partial charge in [-0.25, -0.2) is 0 Å². The highest BCUT2D eigenvalue weighted by Crippen LogP contribution is 2.31. The summed E-state index contributed by atoms with van der Waals surface area (Å²) in [7, 11) is 1.60. The molecule has 108 valence electrons. The summed E-state index contributed by atoms with van der Waals surface area (Å²) in [5.74, 6) is -0.0811. The SMILES string of the molecule is CNC(=O)C1CNCCN1c1ccc([N+](=O)[O-])cc1Br. The highest BCUT2D eigenvalue weighted by Gasteiger charge is 2.29. The number of likely N-dealkylation sites (N-methyl/N-ethyl adjacent to an activating group) is 1. The summed E-state index contributed by atoms with van der Waals surface area (Å²) in [6, 6.07) is 4.25. The smallest absolute Gasteiger partial charge is 0.270 e. The maximum Gasteiger partial charge on any atom is 0.270 e. The van der Waals surface area contributed by atoms with Crippen LogP contribution in [0.1, 0.15) is 0 Å². The first-order valence-electron chi connectivity index (χ1n) is 6.17. The van der Waals surface area contributed by atoms with Crippen molar-refractivity contribution in [3.8, 4) is 0 Å². The van der Waals surface area contributed by atoms with Crippen molar-refractivity contribution in [3.05, 3.63) is 32.8 Å². The Morgan fingerprint density at radius 2 is 2.35 bits per heavy atom. The number of nitro groups is 1. The summed E-state index contributed by atoms with van der Waals surface area (Å²) in [6.45, 7) is 1.97. The fourth-order valence-corrected chi connectivity index (χ4v) is 2.83. The Morgan fingerprint density at radius 3 is 2.95 bits per heavy atom. The molecule has 0 radical (unpaired) electrons. The lowest BCUT2D eigenvalue weighted by Gasteiger charge is -2.37. The average Bonchev–Trinajstić information content (AvgIpc) is 2.46. The van der Waals surface area contributed by atoms with Gasteiger partial charge in [0.25, 0.3) is 5.69 Å². The second-order valence-corrected chi connectivity index (χ2v) is 5.27. The van der Waals surface area contributed by atoms with Crippen molar-refractivity contribution in [2.45, 2.75) is 6.04 Å². The van der Waals surface area contributed by atoms with Crippen LogP contribution in [0.5, 0.6) is 0 Å². The zero-order valence-corrected chi connectivity index (χ0v) is 12.5. The number of halogens is 1. The van der Waals surface area contributed by atoms with E-state index in [0.29, 0.717) is 17.6 Å². The molecule has 1 heterocycles. The minimum absolute atomic E-state index is 0.0206. The molecule has 0 aromatic heterocycles. The van der Waals surface area contributed by atoms with Gasteiger partial charge in [-0.1, -0.05) is 0 Å². The third kappa shape index (κ3) is 2.91. The van der Waals surface area contributed by atoms with Gasteiger partial charge in [-0.15, -0.1) is 0 Å². The van der Waals surface area contributed by atoms with Crippen LogP contribution in [0.3, 0.4) is 0 Å². The van der Waals surface area contributed by atoms with Gasteiger partial charge in [0.15, 0.2) is 0 Å². The third-order valence-corrected chi connectivity index (χ3v) is 3.88. The monoisotopic (exact) mass is 342 g/mol. The Labute approximate surface area is 124 Å². The number of benzene rings is 1. The topological polar surface area (TPSA) is 87.5 Å². The van der Waals surface area contributed by atoms with E-state index < -0.39 is 4.92 Å². The number of carbonyl (C=O) groups excluding carboxylic acids is 1. The summed E-state index contributed by atoms with van der Waals surface area (Å²) in [4.78, 5) is 24.2. The normalized spacial score (nSPS) is 18.7. The highest BCUT2D eigenvalue weighted by molar-refractivity contribution is 9.10. The van der Waals surface area contributed by atoms with Crippen molar-refractivity contribution in [3.63, 3.8) is 0 Å². The van der Waals surface area contributed by atoms with Gasteiger partial charge in [0, 0.05) is 43.3 Å². The predicted octanol–water partition coefficient (Wildman–Crippen LogP) is 0.882. The molecule has 2 N–H and O–H groups in total. The lowest BCUT2D eigenvalue weighted by Crippen LogP contribution is -2.57. The fraction of sp³-hybridized carbons (Fsp3) is 0.417. The van der Waals surface area contributed by atoms with Gasteiger partial charge in [-0.05, 0) is 22.0 Å². The molecular weight excluding hydrogens is 328 g/mol. The molecule has 0 bridgehead atoms. The standard InChI is InChI=1S/C12H15BrN4O3/c1-14-12(18)11-7-15-4-5-16(11)10-3-2-8(17(19)20)6-9(10)13/h2-3,6,11,15H,4-5,7H2,1H3,(H,14,18). The molecule has 1 amide bonds. The quantitative estimate of drug-likeness (QED) is 0.629. The van der Waals surface area contributed by atoms with Crippen molar-refractivity contribution in [2.24, 2.45) is 0 Å². The molecule has 1 aromatic carbocycles. The molecule has 1 atom stereocenters. The van der Waals surface area contributed by atoms with E-state index in [2.05, 4.69) is 26.6 Å². The number of nitrogens with zero attached hydrogens (tertiary/aromatic N) is 2. The molecule has 2 rings (SSSR count). The summed E-state index contributed by atoms with van der Waals surface area (Å²) in [5, 5.41) is 16.6. The van der Waals surface area contributed by atoms with Gasteiger partial charge in [0.2, 0.25) is 5.91 Å². The van der Waals surface area contributed by atoms with Crippen molar-refractivity contribution in [2.75, 3.05) is 31.6 Å². The molecule has 0 spiro atoms. The van der Waals surface area contributed by atoms with Crippen molar-refractivity contribution in [1.82, 2.24) is 10.6 Å². The molecule has 0 saturated carbocycles. The number of nitro benzene ring substituents is 1. The fourth-order valence-electron chi connectivity index (χ4n) is 2.24. The average molecular weight is 343 g/mol. The molecule has 1 aliphatic heterocycles. The predicted molar refractivity (Wildman–Crippen MR) is 78.9 cm³/mol. The Bertz CT molecular complexity index is 537. The van der Waals surface area contributed by atoms with E-state index in [0.717, 1.165) is 12.2 Å². The Hall–Kier alpha value is -1.67. The number of hydrogen-bond acceptors (Lipinski definition) is 5. The molecule has 7 nitrogen and oxygen atoms in total. The van der Waals surface area contributed by atoms with Crippen molar-refractivity contribution < 1.29 is 9.72 Å². The summed E-state index contributed by atoms with van der Waals surface area (Å²) >= 11 is 3.35. The lowest BCUT2D eigenvalue weighted by molar-refractivity contribution is -0.384. The van der Waals surface area contributed by atoms with Crippen LogP contribution in [0.25, 0.3) is 0 Å². The maximum absolute atomic E-state index is 11.9. The number of piperazine rings is 1. The number of rotatable bonds is 3. The van der Waals surface area contributed by atoms with E-state index in [-0.39, 0.29) is 17.6 Å². The molecule has 1 unspecified atom stereocenters.